The average Bonchev–Trinajstić information content (AvgIpc) is 2.14. The Morgan fingerprint density at radius 2 is 1.73 bits per heavy atom. The van der Waals surface area contributed by atoms with Gasteiger partial charge in [-0.15, -0.1) is 0 Å². The van der Waals surface area contributed by atoms with Crippen LogP contribution in [0.5, 0.6) is 0 Å². The van der Waals surface area contributed by atoms with Crippen LogP contribution in [0.4, 0.5) is 0 Å². The normalized spacial score (nSPS) is 13.3. The molecule has 80 valence electrons. The fraction of sp³-hybridized carbons (Fsp3) is 0.462. The number of rotatable bonds is 3. The largest absolute Gasteiger partial charge is 0.198 e. The van der Waals surface area contributed by atoms with E-state index in [2.05, 4.69) is 56.9 Å². The number of aryl methyl sites for hydroxylation is 1. The van der Waals surface area contributed by atoms with E-state index in [4.69, 9.17) is 0 Å². The second kappa shape index (κ2) is 4.63. The lowest BCUT2D eigenvalue weighted by atomic mass is 10.0. The summed E-state index contributed by atoms with van der Waals surface area (Å²) in [6.45, 7) is 9.01. The number of benzene rings is 1. The minimum Gasteiger partial charge on any atom is -0.198 e. The van der Waals surface area contributed by atoms with E-state index >= 15 is 0 Å². The first kappa shape index (κ1) is 12.0. The van der Waals surface area contributed by atoms with E-state index in [1.165, 1.54) is 11.1 Å². The molecule has 0 saturated carbocycles. The van der Waals surface area contributed by atoms with Gasteiger partial charge in [0.2, 0.25) is 0 Å². The van der Waals surface area contributed by atoms with Crippen molar-refractivity contribution in [2.45, 2.75) is 38.5 Å². The summed E-state index contributed by atoms with van der Waals surface area (Å²) in [7, 11) is -1.16. The van der Waals surface area contributed by atoms with Crippen molar-refractivity contribution >= 4 is 8.07 Å². The molecule has 2 heteroatoms. The summed E-state index contributed by atoms with van der Waals surface area (Å²) in [6.07, 6.45) is 0. The Balaban J connectivity index is 2.85. The summed E-state index contributed by atoms with van der Waals surface area (Å²) in [5.74, 6) is 0.0808. The smallest absolute Gasteiger partial charge is 0.0700 e. The van der Waals surface area contributed by atoms with Gasteiger partial charge in [-0.25, -0.2) is 0 Å². The Kier molecular flexibility index (Phi) is 3.70. The SMILES string of the molecule is Cc1ccc(C(C#N)C[Si](C)(C)C)cc1. The predicted molar refractivity (Wildman–Crippen MR) is 67.7 cm³/mol. The van der Waals surface area contributed by atoms with Crippen LogP contribution in [0.3, 0.4) is 0 Å². The first-order chi connectivity index (χ1) is 6.92. The first-order valence-electron chi connectivity index (χ1n) is 5.38. The number of nitriles is 1. The molecule has 0 aliphatic carbocycles. The van der Waals surface area contributed by atoms with Crippen molar-refractivity contribution in [2.75, 3.05) is 0 Å². The van der Waals surface area contributed by atoms with Crippen molar-refractivity contribution in [2.24, 2.45) is 0 Å². The van der Waals surface area contributed by atoms with Gasteiger partial charge in [-0.1, -0.05) is 49.5 Å². The molecule has 1 nitrogen and oxygen atoms in total. The molecule has 1 atom stereocenters. The van der Waals surface area contributed by atoms with Crippen molar-refractivity contribution < 1.29 is 0 Å². The van der Waals surface area contributed by atoms with Gasteiger partial charge in [0, 0.05) is 8.07 Å². The number of hydrogen-bond acceptors (Lipinski definition) is 1. The summed E-state index contributed by atoms with van der Waals surface area (Å²) in [4.78, 5) is 0. The molecule has 1 aromatic rings. The standard InChI is InChI=1S/C13H19NSi/c1-11-5-7-12(8-6-11)13(9-14)10-15(2,3)4/h5-8,13H,10H2,1-4H3. The molecule has 1 aromatic carbocycles. The maximum Gasteiger partial charge on any atom is 0.0700 e. The molecule has 0 radical (unpaired) electrons. The molecule has 0 heterocycles. The summed E-state index contributed by atoms with van der Waals surface area (Å²) >= 11 is 0. The highest BCUT2D eigenvalue weighted by Gasteiger charge is 2.21. The van der Waals surface area contributed by atoms with Crippen molar-refractivity contribution in [3.63, 3.8) is 0 Å². The van der Waals surface area contributed by atoms with Gasteiger partial charge in [0.25, 0.3) is 0 Å². The van der Waals surface area contributed by atoms with E-state index in [9.17, 15) is 5.26 Å². The van der Waals surface area contributed by atoms with Crippen LogP contribution >= 0.6 is 0 Å². The van der Waals surface area contributed by atoms with Gasteiger partial charge in [-0.3, -0.25) is 0 Å². The lowest BCUT2D eigenvalue weighted by Crippen LogP contribution is -2.22. The summed E-state index contributed by atoms with van der Waals surface area (Å²) in [5, 5.41) is 9.18. The lowest BCUT2D eigenvalue weighted by molar-refractivity contribution is 0.951. The van der Waals surface area contributed by atoms with Crippen molar-refractivity contribution in [3.8, 4) is 6.07 Å². The molecular weight excluding hydrogens is 198 g/mol. The molecule has 0 amide bonds. The van der Waals surface area contributed by atoms with Gasteiger partial charge in [0.05, 0.1) is 12.0 Å². The number of hydrogen-bond donors (Lipinski definition) is 0. The fourth-order valence-electron chi connectivity index (χ4n) is 1.65. The molecule has 0 bridgehead atoms. The molecule has 0 aliphatic rings. The zero-order chi connectivity index (χ0) is 11.5. The van der Waals surface area contributed by atoms with Crippen LogP contribution in [-0.4, -0.2) is 8.07 Å². The predicted octanol–water partition coefficient (Wildman–Crippen LogP) is 3.94. The Labute approximate surface area is 93.8 Å². The lowest BCUT2D eigenvalue weighted by Gasteiger charge is -2.19. The van der Waals surface area contributed by atoms with Crippen LogP contribution in [0.25, 0.3) is 0 Å². The average molecular weight is 217 g/mol. The Hall–Kier alpha value is -1.07. The highest BCUT2D eigenvalue weighted by molar-refractivity contribution is 6.76. The third kappa shape index (κ3) is 3.89. The van der Waals surface area contributed by atoms with E-state index in [-0.39, 0.29) is 5.92 Å². The minimum absolute atomic E-state index is 0.0808. The Morgan fingerprint density at radius 1 is 1.20 bits per heavy atom. The third-order valence-electron chi connectivity index (χ3n) is 2.45. The van der Waals surface area contributed by atoms with Crippen LogP contribution in [0.2, 0.25) is 25.7 Å². The quantitative estimate of drug-likeness (QED) is 0.703. The first-order valence-corrected chi connectivity index (χ1v) is 9.09. The van der Waals surface area contributed by atoms with Crippen molar-refractivity contribution in [1.82, 2.24) is 0 Å². The van der Waals surface area contributed by atoms with E-state index < -0.39 is 8.07 Å². The second-order valence-corrected chi connectivity index (χ2v) is 10.9. The Morgan fingerprint density at radius 3 is 2.13 bits per heavy atom. The monoisotopic (exact) mass is 217 g/mol. The van der Waals surface area contributed by atoms with E-state index in [1.54, 1.807) is 0 Å². The van der Waals surface area contributed by atoms with Gasteiger partial charge in [0.1, 0.15) is 0 Å². The molecule has 0 spiro atoms. The van der Waals surface area contributed by atoms with Crippen molar-refractivity contribution in [3.05, 3.63) is 35.4 Å². The molecule has 1 unspecified atom stereocenters. The van der Waals surface area contributed by atoms with Crippen LogP contribution < -0.4 is 0 Å². The summed E-state index contributed by atoms with van der Waals surface area (Å²) in [5.41, 5.74) is 2.42. The maximum absolute atomic E-state index is 9.18. The van der Waals surface area contributed by atoms with E-state index in [0.717, 1.165) is 6.04 Å². The zero-order valence-corrected chi connectivity index (χ0v) is 11.0. The molecule has 0 saturated heterocycles. The topological polar surface area (TPSA) is 23.8 Å². The van der Waals surface area contributed by atoms with Crippen LogP contribution in [0.1, 0.15) is 17.0 Å². The second-order valence-electron chi connectivity index (χ2n) is 5.36. The summed E-state index contributed by atoms with van der Waals surface area (Å²) < 4.78 is 0. The van der Waals surface area contributed by atoms with Gasteiger partial charge in [0.15, 0.2) is 0 Å². The van der Waals surface area contributed by atoms with E-state index in [1.807, 2.05) is 0 Å². The van der Waals surface area contributed by atoms with Crippen LogP contribution in [0.15, 0.2) is 24.3 Å². The highest BCUT2D eigenvalue weighted by atomic mass is 28.3. The molecule has 0 aliphatic heterocycles. The fourth-order valence-corrected chi connectivity index (χ4v) is 3.20. The molecular formula is C13H19NSi. The molecule has 0 aromatic heterocycles. The molecule has 1 rings (SSSR count). The van der Waals surface area contributed by atoms with Gasteiger partial charge in [-0.05, 0) is 18.5 Å². The van der Waals surface area contributed by atoms with Gasteiger partial charge < -0.3 is 0 Å². The summed E-state index contributed by atoms with van der Waals surface area (Å²) in [6, 6.07) is 11.8. The van der Waals surface area contributed by atoms with Gasteiger partial charge in [-0.2, -0.15) is 5.26 Å². The molecule has 0 N–H and O–H groups in total. The van der Waals surface area contributed by atoms with Crippen molar-refractivity contribution in [1.29, 1.82) is 5.26 Å². The zero-order valence-electron chi connectivity index (χ0n) is 10.0. The maximum atomic E-state index is 9.18. The van der Waals surface area contributed by atoms with Crippen LogP contribution in [-0.2, 0) is 0 Å². The van der Waals surface area contributed by atoms with Crippen LogP contribution in [0, 0.1) is 18.3 Å². The minimum atomic E-state index is -1.16. The third-order valence-corrected chi connectivity index (χ3v) is 4.09. The highest BCUT2D eigenvalue weighted by Crippen LogP contribution is 2.26. The number of nitrogens with zero attached hydrogens (tertiary/aromatic N) is 1. The van der Waals surface area contributed by atoms with Gasteiger partial charge >= 0.3 is 0 Å². The molecule has 0 fully saturated rings. The van der Waals surface area contributed by atoms with E-state index in [0.29, 0.717) is 0 Å². The molecule has 15 heavy (non-hydrogen) atoms. The Bertz CT molecular complexity index is 354.